The van der Waals surface area contributed by atoms with E-state index in [9.17, 15) is 14.7 Å². The molecular weight excluding hydrogens is 218 g/mol. The number of carbonyl (C=O) groups is 2. The van der Waals surface area contributed by atoms with Gasteiger partial charge in [0.1, 0.15) is 0 Å². The fourth-order valence-electron chi connectivity index (χ4n) is 2.46. The highest BCUT2D eigenvalue weighted by Gasteiger charge is 2.29. The molecule has 0 saturated heterocycles. The Morgan fingerprint density at radius 1 is 1.18 bits per heavy atom. The van der Waals surface area contributed by atoms with Gasteiger partial charge in [-0.3, -0.25) is 9.59 Å². The molecule has 1 amide bonds. The Labute approximate surface area is 103 Å². The lowest BCUT2D eigenvalue weighted by molar-refractivity contribution is -0.143. The number of aliphatic carboxylic acids is 1. The molecule has 17 heavy (non-hydrogen) atoms. The molecular formula is C13H23NO3. The maximum absolute atomic E-state index is 11.6. The summed E-state index contributed by atoms with van der Waals surface area (Å²) in [7, 11) is 0. The summed E-state index contributed by atoms with van der Waals surface area (Å²) in [5.41, 5.74) is 0. The van der Waals surface area contributed by atoms with E-state index in [1.165, 1.54) is 0 Å². The third-order valence-electron chi connectivity index (χ3n) is 3.41. The topological polar surface area (TPSA) is 66.4 Å². The molecule has 2 unspecified atom stereocenters. The van der Waals surface area contributed by atoms with Crippen molar-refractivity contribution in [3.05, 3.63) is 0 Å². The van der Waals surface area contributed by atoms with Crippen LogP contribution in [-0.4, -0.2) is 23.0 Å². The lowest BCUT2D eigenvalue weighted by atomic mass is 9.86. The summed E-state index contributed by atoms with van der Waals surface area (Å²) < 4.78 is 0. The normalized spacial score (nSPS) is 25.7. The van der Waals surface area contributed by atoms with E-state index in [-0.39, 0.29) is 11.9 Å². The molecule has 1 aliphatic carbocycles. The average Bonchev–Trinajstić information content (AvgIpc) is 2.22. The SMILES string of the molecule is CCCC(=O)NC1CCCCCCC1C(=O)O. The van der Waals surface area contributed by atoms with Gasteiger partial charge in [0.05, 0.1) is 5.92 Å². The largest absolute Gasteiger partial charge is 0.481 e. The molecule has 0 spiro atoms. The van der Waals surface area contributed by atoms with Crippen LogP contribution in [0.25, 0.3) is 0 Å². The van der Waals surface area contributed by atoms with Gasteiger partial charge in [-0.25, -0.2) is 0 Å². The van der Waals surface area contributed by atoms with Crippen molar-refractivity contribution in [3.63, 3.8) is 0 Å². The Kier molecular flexibility index (Phi) is 6.01. The summed E-state index contributed by atoms with van der Waals surface area (Å²) in [5.74, 6) is -1.19. The van der Waals surface area contributed by atoms with Crippen LogP contribution in [0.4, 0.5) is 0 Å². The average molecular weight is 241 g/mol. The maximum atomic E-state index is 11.6. The first-order valence-corrected chi connectivity index (χ1v) is 6.67. The van der Waals surface area contributed by atoms with E-state index >= 15 is 0 Å². The van der Waals surface area contributed by atoms with Gasteiger partial charge in [0.2, 0.25) is 5.91 Å². The van der Waals surface area contributed by atoms with E-state index in [1.54, 1.807) is 0 Å². The third kappa shape index (κ3) is 4.75. The highest BCUT2D eigenvalue weighted by Crippen LogP contribution is 2.23. The van der Waals surface area contributed by atoms with Gasteiger partial charge < -0.3 is 10.4 Å². The molecule has 0 aromatic heterocycles. The summed E-state index contributed by atoms with van der Waals surface area (Å²) in [6.07, 6.45) is 7.00. The fourth-order valence-corrected chi connectivity index (χ4v) is 2.46. The van der Waals surface area contributed by atoms with Crippen LogP contribution >= 0.6 is 0 Å². The third-order valence-corrected chi connectivity index (χ3v) is 3.41. The number of nitrogens with one attached hydrogen (secondary N) is 1. The molecule has 0 aromatic rings. The Hall–Kier alpha value is -1.06. The molecule has 4 nitrogen and oxygen atoms in total. The van der Waals surface area contributed by atoms with Gasteiger partial charge in [-0.2, -0.15) is 0 Å². The van der Waals surface area contributed by atoms with Gasteiger partial charge in [-0.1, -0.05) is 32.6 Å². The number of hydrogen-bond donors (Lipinski definition) is 2. The second kappa shape index (κ2) is 7.30. The van der Waals surface area contributed by atoms with Crippen molar-refractivity contribution in [2.45, 2.75) is 64.3 Å². The Balaban J connectivity index is 2.59. The van der Waals surface area contributed by atoms with Gasteiger partial charge in [0.25, 0.3) is 0 Å². The monoisotopic (exact) mass is 241 g/mol. The second-order valence-corrected chi connectivity index (χ2v) is 4.86. The van der Waals surface area contributed by atoms with Crippen molar-refractivity contribution < 1.29 is 14.7 Å². The molecule has 2 atom stereocenters. The van der Waals surface area contributed by atoms with Gasteiger partial charge in [-0.05, 0) is 19.3 Å². The van der Waals surface area contributed by atoms with Crippen molar-refractivity contribution >= 4 is 11.9 Å². The molecule has 1 saturated carbocycles. The van der Waals surface area contributed by atoms with Crippen molar-refractivity contribution in [2.24, 2.45) is 5.92 Å². The zero-order chi connectivity index (χ0) is 12.7. The Bertz CT molecular complexity index is 265. The number of rotatable bonds is 4. The lowest BCUT2D eigenvalue weighted by Crippen LogP contribution is -2.43. The number of hydrogen-bond acceptors (Lipinski definition) is 2. The van der Waals surface area contributed by atoms with Crippen molar-refractivity contribution in [2.75, 3.05) is 0 Å². The summed E-state index contributed by atoms with van der Waals surface area (Å²) in [6, 6.07) is -0.174. The van der Waals surface area contributed by atoms with Crippen LogP contribution in [0, 0.1) is 5.92 Å². The van der Waals surface area contributed by atoms with E-state index in [1.807, 2.05) is 6.92 Å². The van der Waals surface area contributed by atoms with Gasteiger partial charge in [0, 0.05) is 12.5 Å². The molecule has 1 aliphatic rings. The van der Waals surface area contributed by atoms with Gasteiger partial charge >= 0.3 is 5.97 Å². The predicted molar refractivity (Wildman–Crippen MR) is 65.7 cm³/mol. The molecule has 0 aromatic carbocycles. The van der Waals surface area contributed by atoms with Crippen LogP contribution < -0.4 is 5.32 Å². The number of carbonyl (C=O) groups excluding carboxylic acids is 1. The number of carboxylic acids is 1. The van der Waals surface area contributed by atoms with Gasteiger partial charge in [0.15, 0.2) is 0 Å². The zero-order valence-electron chi connectivity index (χ0n) is 10.6. The first kappa shape index (κ1) is 14.0. The van der Waals surface area contributed by atoms with Crippen LogP contribution in [0.5, 0.6) is 0 Å². The minimum atomic E-state index is -0.770. The molecule has 98 valence electrons. The highest BCUT2D eigenvalue weighted by atomic mass is 16.4. The zero-order valence-corrected chi connectivity index (χ0v) is 10.6. The molecule has 0 heterocycles. The van der Waals surface area contributed by atoms with Crippen LogP contribution in [0.1, 0.15) is 58.3 Å². The highest BCUT2D eigenvalue weighted by molar-refractivity contribution is 5.78. The van der Waals surface area contributed by atoms with Crippen molar-refractivity contribution in [1.82, 2.24) is 5.32 Å². The van der Waals surface area contributed by atoms with E-state index < -0.39 is 11.9 Å². The molecule has 1 rings (SSSR count). The standard InChI is InChI=1S/C13H23NO3/c1-2-7-12(15)14-11-9-6-4-3-5-8-10(11)13(16)17/h10-11H,2-9H2,1H3,(H,14,15)(H,16,17). The number of carboxylic acid groups (broad SMARTS) is 1. The first-order valence-electron chi connectivity index (χ1n) is 6.67. The Morgan fingerprint density at radius 3 is 2.41 bits per heavy atom. The minimum Gasteiger partial charge on any atom is -0.481 e. The van der Waals surface area contributed by atoms with E-state index in [0.29, 0.717) is 12.8 Å². The summed E-state index contributed by atoms with van der Waals surface area (Å²) in [4.78, 5) is 22.8. The van der Waals surface area contributed by atoms with Crippen molar-refractivity contribution in [1.29, 1.82) is 0 Å². The number of amides is 1. The Morgan fingerprint density at radius 2 is 1.82 bits per heavy atom. The van der Waals surface area contributed by atoms with Crippen LogP contribution in [0.3, 0.4) is 0 Å². The first-order chi connectivity index (χ1) is 8.15. The fraction of sp³-hybridized carbons (Fsp3) is 0.846. The summed E-state index contributed by atoms with van der Waals surface area (Å²) >= 11 is 0. The molecule has 4 heteroatoms. The summed E-state index contributed by atoms with van der Waals surface area (Å²) in [6.45, 7) is 1.95. The molecule has 2 N–H and O–H groups in total. The van der Waals surface area contributed by atoms with Crippen LogP contribution in [-0.2, 0) is 9.59 Å². The smallest absolute Gasteiger partial charge is 0.308 e. The van der Waals surface area contributed by atoms with Crippen LogP contribution in [0.2, 0.25) is 0 Å². The maximum Gasteiger partial charge on any atom is 0.308 e. The van der Waals surface area contributed by atoms with Crippen molar-refractivity contribution in [3.8, 4) is 0 Å². The van der Waals surface area contributed by atoms with Crippen LogP contribution in [0.15, 0.2) is 0 Å². The molecule has 0 aliphatic heterocycles. The van der Waals surface area contributed by atoms with E-state index in [4.69, 9.17) is 0 Å². The lowest BCUT2D eigenvalue weighted by Gasteiger charge is -2.27. The summed E-state index contributed by atoms with van der Waals surface area (Å²) in [5, 5.41) is 12.1. The molecule has 0 radical (unpaired) electrons. The molecule has 0 bridgehead atoms. The van der Waals surface area contributed by atoms with E-state index in [2.05, 4.69) is 5.32 Å². The minimum absolute atomic E-state index is 0.00989. The quantitative estimate of drug-likeness (QED) is 0.793. The van der Waals surface area contributed by atoms with E-state index in [0.717, 1.165) is 38.5 Å². The predicted octanol–water partition coefficient (Wildman–Crippen LogP) is 2.33. The van der Waals surface area contributed by atoms with Gasteiger partial charge in [-0.15, -0.1) is 0 Å². The second-order valence-electron chi connectivity index (χ2n) is 4.86. The molecule has 1 fully saturated rings.